The molecule has 1 amide bonds. The fourth-order valence-corrected chi connectivity index (χ4v) is 4.25. The number of carbonyl (C=O) groups excluding carboxylic acids is 1. The molecule has 0 spiro atoms. The van der Waals surface area contributed by atoms with Crippen LogP contribution in [0.2, 0.25) is 0 Å². The molecule has 3 rings (SSSR count). The number of piperidine rings is 1. The third-order valence-corrected chi connectivity index (χ3v) is 6.30. The Hall–Kier alpha value is -1.44. The zero-order valence-electron chi connectivity index (χ0n) is 15.8. The van der Waals surface area contributed by atoms with Crippen LogP contribution in [-0.2, 0) is 4.79 Å². The lowest BCUT2D eigenvalue weighted by molar-refractivity contribution is -0.125. The minimum absolute atomic E-state index is 0. The summed E-state index contributed by atoms with van der Waals surface area (Å²) in [6.45, 7) is 8.74. The summed E-state index contributed by atoms with van der Waals surface area (Å²) >= 11 is 1.73. The second-order valence-corrected chi connectivity index (χ2v) is 8.06. The number of aryl methyl sites for hydroxylation is 2. The van der Waals surface area contributed by atoms with Crippen LogP contribution in [0.3, 0.4) is 0 Å². The Morgan fingerprint density at radius 3 is 2.69 bits per heavy atom. The fraction of sp³-hybridized carbons (Fsp3) is 0.611. The average Bonchev–Trinajstić information content (AvgIpc) is 2.93. The van der Waals surface area contributed by atoms with E-state index >= 15 is 0 Å². The molecule has 1 aliphatic heterocycles. The van der Waals surface area contributed by atoms with E-state index in [0.717, 1.165) is 36.6 Å². The first-order chi connectivity index (χ1) is 12.0. The molecule has 26 heavy (non-hydrogen) atoms. The van der Waals surface area contributed by atoms with Gasteiger partial charge in [-0.3, -0.25) is 4.79 Å². The molecular weight excluding hydrogens is 370 g/mol. The molecular formula is C18H28ClN5OS. The normalized spacial score (nSPS) is 16.4. The van der Waals surface area contributed by atoms with Crippen molar-refractivity contribution in [3.63, 3.8) is 0 Å². The van der Waals surface area contributed by atoms with Crippen LogP contribution in [0.5, 0.6) is 0 Å². The zero-order valence-corrected chi connectivity index (χ0v) is 17.5. The van der Waals surface area contributed by atoms with Crippen molar-refractivity contribution in [3.8, 4) is 0 Å². The molecule has 6 nitrogen and oxygen atoms in total. The highest BCUT2D eigenvalue weighted by atomic mass is 35.5. The molecule has 2 aromatic heterocycles. The van der Waals surface area contributed by atoms with E-state index in [1.807, 2.05) is 7.05 Å². The van der Waals surface area contributed by atoms with Gasteiger partial charge in [0.1, 0.15) is 17.0 Å². The maximum Gasteiger partial charge on any atom is 0.223 e. The van der Waals surface area contributed by atoms with Crippen LogP contribution < -0.4 is 15.5 Å². The van der Waals surface area contributed by atoms with Gasteiger partial charge in [-0.05, 0) is 46.2 Å². The first kappa shape index (κ1) is 20.9. The second kappa shape index (κ2) is 8.97. The van der Waals surface area contributed by atoms with E-state index in [4.69, 9.17) is 0 Å². The van der Waals surface area contributed by atoms with Crippen molar-refractivity contribution >= 4 is 45.7 Å². The van der Waals surface area contributed by atoms with Gasteiger partial charge in [0.15, 0.2) is 0 Å². The number of rotatable bonds is 5. The molecule has 3 heterocycles. The third-order valence-electron chi connectivity index (χ3n) is 5.19. The van der Waals surface area contributed by atoms with E-state index in [1.165, 1.54) is 15.8 Å². The van der Waals surface area contributed by atoms with Crippen LogP contribution in [0.15, 0.2) is 6.33 Å². The van der Waals surface area contributed by atoms with Crippen molar-refractivity contribution in [1.82, 2.24) is 20.6 Å². The predicted molar refractivity (Wildman–Crippen MR) is 111 cm³/mol. The first-order valence-electron chi connectivity index (χ1n) is 8.92. The van der Waals surface area contributed by atoms with Gasteiger partial charge < -0.3 is 15.5 Å². The number of amides is 1. The summed E-state index contributed by atoms with van der Waals surface area (Å²) in [4.78, 5) is 26.0. The van der Waals surface area contributed by atoms with Gasteiger partial charge in [0, 0.05) is 36.5 Å². The number of hydrogen-bond acceptors (Lipinski definition) is 6. The lowest BCUT2D eigenvalue weighted by atomic mass is 9.95. The number of carbonyl (C=O) groups is 1. The van der Waals surface area contributed by atoms with Crippen molar-refractivity contribution in [2.75, 3.05) is 31.6 Å². The van der Waals surface area contributed by atoms with Crippen LogP contribution in [0, 0.1) is 19.8 Å². The summed E-state index contributed by atoms with van der Waals surface area (Å²) in [7, 11) is 1.91. The van der Waals surface area contributed by atoms with Gasteiger partial charge in [-0.2, -0.15) is 0 Å². The molecule has 1 fully saturated rings. The number of hydrogen-bond donors (Lipinski definition) is 2. The number of fused-ring (bicyclic) bond motifs is 1. The van der Waals surface area contributed by atoms with Gasteiger partial charge in [0.05, 0.1) is 5.39 Å². The predicted octanol–water partition coefficient (Wildman–Crippen LogP) is 2.67. The molecule has 144 valence electrons. The topological polar surface area (TPSA) is 70.2 Å². The van der Waals surface area contributed by atoms with Crippen LogP contribution in [0.1, 0.15) is 30.2 Å². The summed E-state index contributed by atoms with van der Waals surface area (Å²) in [6.07, 6.45) is 3.39. The van der Waals surface area contributed by atoms with E-state index in [2.05, 4.69) is 46.3 Å². The van der Waals surface area contributed by atoms with Gasteiger partial charge >= 0.3 is 0 Å². The van der Waals surface area contributed by atoms with Gasteiger partial charge in [0.2, 0.25) is 5.91 Å². The molecule has 1 saturated heterocycles. The van der Waals surface area contributed by atoms with E-state index in [9.17, 15) is 4.79 Å². The summed E-state index contributed by atoms with van der Waals surface area (Å²) in [5, 5.41) is 7.37. The summed E-state index contributed by atoms with van der Waals surface area (Å²) in [6, 6.07) is 0.295. The van der Waals surface area contributed by atoms with E-state index in [-0.39, 0.29) is 24.2 Å². The fourth-order valence-electron chi connectivity index (χ4n) is 3.26. The molecule has 0 saturated carbocycles. The second-order valence-electron chi connectivity index (χ2n) is 6.86. The van der Waals surface area contributed by atoms with Gasteiger partial charge in [-0.15, -0.1) is 23.7 Å². The monoisotopic (exact) mass is 397 g/mol. The smallest absolute Gasteiger partial charge is 0.223 e. The van der Waals surface area contributed by atoms with Crippen molar-refractivity contribution in [1.29, 1.82) is 0 Å². The Bertz CT molecular complexity index is 757. The molecule has 0 radical (unpaired) electrons. The Kier molecular flexibility index (Phi) is 7.20. The van der Waals surface area contributed by atoms with E-state index < -0.39 is 0 Å². The van der Waals surface area contributed by atoms with Crippen molar-refractivity contribution < 1.29 is 4.79 Å². The third kappa shape index (κ3) is 4.27. The number of aromatic nitrogens is 2. The number of nitrogens with zero attached hydrogens (tertiary/aromatic N) is 3. The maximum absolute atomic E-state index is 12.4. The molecule has 1 aliphatic rings. The standard InChI is InChI=1S/C18H27N5OS.ClH/c1-11(19-4)9-20-17(24)14-5-7-23(8-6-14)16-15-12(2)13(3)25-18(15)22-10-21-16;/h10-11,14,19H,5-9H2,1-4H3,(H,20,24);1H. The van der Waals surface area contributed by atoms with E-state index in [1.54, 1.807) is 17.7 Å². The molecule has 2 aromatic rings. The molecule has 0 bridgehead atoms. The SMILES string of the molecule is CNC(C)CNC(=O)C1CCN(c2ncnc3sc(C)c(C)c23)CC1.Cl. The molecule has 0 aromatic carbocycles. The van der Waals surface area contributed by atoms with Gasteiger partial charge in [0.25, 0.3) is 0 Å². The lowest BCUT2D eigenvalue weighted by Crippen LogP contribution is -2.44. The quantitative estimate of drug-likeness (QED) is 0.811. The number of nitrogens with one attached hydrogen (secondary N) is 2. The van der Waals surface area contributed by atoms with Crippen molar-refractivity contribution in [2.24, 2.45) is 5.92 Å². The number of likely N-dealkylation sites (N-methyl/N-ethyl adjacent to an activating group) is 1. The zero-order chi connectivity index (χ0) is 18.0. The van der Waals surface area contributed by atoms with Gasteiger partial charge in [-0.1, -0.05) is 0 Å². The Morgan fingerprint density at radius 1 is 1.35 bits per heavy atom. The molecule has 8 heteroatoms. The van der Waals surface area contributed by atoms with E-state index in [0.29, 0.717) is 12.6 Å². The van der Waals surface area contributed by atoms with Gasteiger partial charge in [-0.25, -0.2) is 9.97 Å². The first-order valence-corrected chi connectivity index (χ1v) is 9.73. The van der Waals surface area contributed by atoms with Crippen LogP contribution >= 0.6 is 23.7 Å². The molecule has 2 N–H and O–H groups in total. The van der Waals surface area contributed by atoms with Crippen molar-refractivity contribution in [2.45, 2.75) is 39.7 Å². The Morgan fingerprint density at radius 2 is 2.04 bits per heavy atom. The number of halogens is 1. The summed E-state index contributed by atoms with van der Waals surface area (Å²) < 4.78 is 0. The number of thiophene rings is 1. The van der Waals surface area contributed by atoms with Crippen molar-refractivity contribution in [3.05, 3.63) is 16.8 Å². The summed E-state index contributed by atoms with van der Waals surface area (Å²) in [5.74, 6) is 1.30. The highest BCUT2D eigenvalue weighted by Crippen LogP contribution is 2.35. The Labute approximate surface area is 165 Å². The lowest BCUT2D eigenvalue weighted by Gasteiger charge is -2.32. The minimum atomic E-state index is 0. The molecule has 1 unspecified atom stereocenters. The molecule has 0 aliphatic carbocycles. The minimum Gasteiger partial charge on any atom is -0.356 e. The maximum atomic E-state index is 12.4. The highest BCUT2D eigenvalue weighted by molar-refractivity contribution is 7.18. The molecule has 1 atom stereocenters. The van der Waals surface area contributed by atoms with Crippen LogP contribution in [0.4, 0.5) is 5.82 Å². The van der Waals surface area contributed by atoms with Crippen LogP contribution in [-0.4, -0.2) is 48.6 Å². The largest absolute Gasteiger partial charge is 0.356 e. The van der Waals surface area contributed by atoms with Crippen LogP contribution in [0.25, 0.3) is 10.2 Å². The number of anilines is 1. The summed E-state index contributed by atoms with van der Waals surface area (Å²) in [5.41, 5.74) is 1.27. The Balaban J connectivity index is 0.00000243. The average molecular weight is 398 g/mol. The highest BCUT2D eigenvalue weighted by Gasteiger charge is 2.27.